The summed E-state index contributed by atoms with van der Waals surface area (Å²) < 4.78 is 5.45. The van der Waals surface area contributed by atoms with Gasteiger partial charge in [-0.25, -0.2) is 0 Å². The Kier molecular flexibility index (Phi) is 2.35. The van der Waals surface area contributed by atoms with E-state index in [1.807, 2.05) is 18.2 Å². The van der Waals surface area contributed by atoms with Crippen LogP contribution in [-0.2, 0) is 4.74 Å². The molecule has 1 atom stereocenters. The standard InChI is InChI=1S/C9H12O/c1-3-8(2)10-9-6-4-5-7-9/h4-6,8H,3H2,1-2H3. The van der Waals surface area contributed by atoms with Crippen molar-refractivity contribution in [2.24, 2.45) is 0 Å². The van der Waals surface area contributed by atoms with E-state index in [2.05, 4.69) is 19.6 Å². The van der Waals surface area contributed by atoms with Crippen molar-refractivity contribution in [1.29, 1.82) is 0 Å². The van der Waals surface area contributed by atoms with Crippen LogP contribution >= 0.6 is 0 Å². The maximum absolute atomic E-state index is 5.45. The summed E-state index contributed by atoms with van der Waals surface area (Å²) in [6.07, 6.45) is 7.05. The monoisotopic (exact) mass is 136 g/mol. The van der Waals surface area contributed by atoms with E-state index in [0.29, 0.717) is 6.10 Å². The maximum Gasteiger partial charge on any atom is 0.162 e. The van der Waals surface area contributed by atoms with E-state index in [1.165, 1.54) is 0 Å². The summed E-state index contributed by atoms with van der Waals surface area (Å²) in [5, 5.41) is 0. The van der Waals surface area contributed by atoms with Crippen molar-refractivity contribution in [1.82, 2.24) is 0 Å². The highest BCUT2D eigenvalue weighted by atomic mass is 16.5. The molecule has 0 bridgehead atoms. The Bertz CT molecular complexity index is 195. The van der Waals surface area contributed by atoms with Crippen LogP contribution in [0.4, 0.5) is 0 Å². The first-order chi connectivity index (χ1) is 4.83. The molecule has 0 aromatic heterocycles. The van der Waals surface area contributed by atoms with Gasteiger partial charge in [0.15, 0.2) is 5.76 Å². The van der Waals surface area contributed by atoms with Gasteiger partial charge in [0, 0.05) is 0 Å². The van der Waals surface area contributed by atoms with E-state index < -0.39 is 0 Å². The minimum Gasteiger partial charge on any atom is -0.483 e. The van der Waals surface area contributed by atoms with Gasteiger partial charge in [-0.3, -0.25) is 0 Å². The molecule has 1 heteroatoms. The van der Waals surface area contributed by atoms with Gasteiger partial charge in [-0.1, -0.05) is 18.7 Å². The van der Waals surface area contributed by atoms with Crippen molar-refractivity contribution < 1.29 is 4.74 Å². The molecule has 0 aromatic carbocycles. The second-order valence-electron chi connectivity index (χ2n) is 2.37. The van der Waals surface area contributed by atoms with Crippen LogP contribution in [0, 0.1) is 0 Å². The van der Waals surface area contributed by atoms with Gasteiger partial charge in [0.05, 0.1) is 6.10 Å². The average Bonchev–Trinajstić information content (AvgIpc) is 2.40. The molecule has 1 nitrogen and oxygen atoms in total. The fourth-order valence-corrected chi connectivity index (χ4v) is 0.687. The first kappa shape index (κ1) is 7.17. The smallest absolute Gasteiger partial charge is 0.162 e. The first-order valence-electron chi connectivity index (χ1n) is 3.63. The molecule has 0 amide bonds. The topological polar surface area (TPSA) is 9.23 Å². The highest BCUT2D eigenvalue weighted by Gasteiger charge is 2.00. The van der Waals surface area contributed by atoms with E-state index >= 15 is 0 Å². The lowest BCUT2D eigenvalue weighted by Gasteiger charge is -2.09. The van der Waals surface area contributed by atoms with Crippen LogP contribution in [0.5, 0.6) is 0 Å². The van der Waals surface area contributed by atoms with E-state index in [4.69, 9.17) is 4.74 Å². The van der Waals surface area contributed by atoms with Gasteiger partial charge in [-0.2, -0.15) is 0 Å². The summed E-state index contributed by atoms with van der Waals surface area (Å²) in [5.74, 6) is 0.856. The SMILES string of the molecule is CCC(C)OC1=C=CC=C1. The minimum atomic E-state index is 0.304. The van der Waals surface area contributed by atoms with E-state index in [1.54, 1.807) is 0 Å². The molecule has 0 spiro atoms. The third-order valence-corrected chi connectivity index (χ3v) is 1.47. The van der Waals surface area contributed by atoms with Crippen molar-refractivity contribution in [3.05, 3.63) is 29.7 Å². The Balaban J connectivity index is 2.39. The molecule has 0 heterocycles. The predicted molar refractivity (Wildman–Crippen MR) is 41.6 cm³/mol. The van der Waals surface area contributed by atoms with E-state index in [9.17, 15) is 0 Å². The molecule has 0 aliphatic heterocycles. The Hall–Kier alpha value is -0.940. The summed E-state index contributed by atoms with van der Waals surface area (Å²) in [4.78, 5) is 0. The number of hydrogen-bond acceptors (Lipinski definition) is 1. The lowest BCUT2D eigenvalue weighted by Crippen LogP contribution is -2.03. The molecule has 0 radical (unpaired) electrons. The molecule has 0 aromatic rings. The number of hydrogen-bond donors (Lipinski definition) is 0. The number of allylic oxidation sites excluding steroid dienone is 2. The molecule has 54 valence electrons. The molecule has 0 N–H and O–H groups in total. The Morgan fingerprint density at radius 2 is 2.50 bits per heavy atom. The molecule has 0 saturated carbocycles. The van der Waals surface area contributed by atoms with Gasteiger partial charge in [-0.15, -0.1) is 0 Å². The molecule has 1 aliphatic carbocycles. The van der Waals surface area contributed by atoms with Crippen molar-refractivity contribution in [3.8, 4) is 0 Å². The second-order valence-corrected chi connectivity index (χ2v) is 2.37. The Labute approximate surface area is 61.7 Å². The molecule has 1 rings (SSSR count). The molecular weight excluding hydrogens is 124 g/mol. The summed E-state index contributed by atoms with van der Waals surface area (Å²) in [5.41, 5.74) is 2.98. The second kappa shape index (κ2) is 3.28. The number of ether oxygens (including phenoxy) is 1. The first-order valence-corrected chi connectivity index (χ1v) is 3.63. The third-order valence-electron chi connectivity index (χ3n) is 1.47. The summed E-state index contributed by atoms with van der Waals surface area (Å²) >= 11 is 0. The van der Waals surface area contributed by atoms with Gasteiger partial charge in [0.25, 0.3) is 0 Å². The van der Waals surface area contributed by atoms with Gasteiger partial charge >= 0.3 is 0 Å². The van der Waals surface area contributed by atoms with Crippen LogP contribution in [0.25, 0.3) is 0 Å². The predicted octanol–water partition coefficient (Wildman–Crippen LogP) is 2.41. The van der Waals surface area contributed by atoms with Gasteiger partial charge in [-0.05, 0) is 25.5 Å². The molecule has 1 aliphatic rings. The normalized spacial score (nSPS) is 17.2. The molecule has 1 unspecified atom stereocenters. The van der Waals surface area contributed by atoms with Crippen molar-refractivity contribution in [3.63, 3.8) is 0 Å². The highest BCUT2D eigenvalue weighted by molar-refractivity contribution is 5.24. The summed E-state index contributed by atoms with van der Waals surface area (Å²) in [6.45, 7) is 4.16. The van der Waals surface area contributed by atoms with Gasteiger partial charge < -0.3 is 4.74 Å². The van der Waals surface area contributed by atoms with Crippen LogP contribution in [-0.4, -0.2) is 6.10 Å². The van der Waals surface area contributed by atoms with Gasteiger partial charge in [0.1, 0.15) is 0 Å². The minimum absolute atomic E-state index is 0.304. The van der Waals surface area contributed by atoms with Gasteiger partial charge in [0.2, 0.25) is 0 Å². The number of rotatable bonds is 3. The lowest BCUT2D eigenvalue weighted by molar-refractivity contribution is 0.139. The van der Waals surface area contributed by atoms with E-state index in [-0.39, 0.29) is 0 Å². The molecule has 0 fully saturated rings. The van der Waals surface area contributed by atoms with Crippen LogP contribution in [0.1, 0.15) is 20.3 Å². The van der Waals surface area contributed by atoms with Crippen LogP contribution in [0.15, 0.2) is 29.7 Å². The Morgan fingerprint density at radius 1 is 1.70 bits per heavy atom. The van der Waals surface area contributed by atoms with Crippen LogP contribution in [0.3, 0.4) is 0 Å². The van der Waals surface area contributed by atoms with E-state index in [0.717, 1.165) is 12.2 Å². The van der Waals surface area contributed by atoms with Crippen LogP contribution in [0.2, 0.25) is 0 Å². The summed E-state index contributed by atoms with van der Waals surface area (Å²) in [7, 11) is 0. The average molecular weight is 136 g/mol. The van der Waals surface area contributed by atoms with Crippen molar-refractivity contribution >= 4 is 0 Å². The fourth-order valence-electron chi connectivity index (χ4n) is 0.687. The van der Waals surface area contributed by atoms with Crippen molar-refractivity contribution in [2.75, 3.05) is 0 Å². The zero-order valence-corrected chi connectivity index (χ0v) is 6.42. The molecule has 10 heavy (non-hydrogen) atoms. The molecular formula is C9H12O. The summed E-state index contributed by atoms with van der Waals surface area (Å²) in [6, 6.07) is 0. The zero-order chi connectivity index (χ0) is 7.40. The fraction of sp³-hybridized carbons (Fsp3) is 0.444. The largest absolute Gasteiger partial charge is 0.483 e. The van der Waals surface area contributed by atoms with Crippen molar-refractivity contribution in [2.45, 2.75) is 26.4 Å². The Morgan fingerprint density at radius 3 is 3.00 bits per heavy atom. The van der Waals surface area contributed by atoms with Crippen LogP contribution < -0.4 is 0 Å². The third kappa shape index (κ3) is 1.78. The molecule has 0 saturated heterocycles. The highest BCUT2D eigenvalue weighted by Crippen LogP contribution is 2.08. The zero-order valence-electron chi connectivity index (χ0n) is 6.42. The lowest BCUT2D eigenvalue weighted by atomic mass is 10.3. The quantitative estimate of drug-likeness (QED) is 0.541. The maximum atomic E-state index is 5.45.